The maximum atomic E-state index is 13.3. The summed E-state index contributed by atoms with van der Waals surface area (Å²) in [5.74, 6) is -0.0598. The van der Waals surface area contributed by atoms with Crippen molar-refractivity contribution in [2.75, 3.05) is 45.8 Å². The maximum absolute atomic E-state index is 13.3. The summed E-state index contributed by atoms with van der Waals surface area (Å²) in [6.07, 6.45) is 3.64. The van der Waals surface area contributed by atoms with E-state index in [9.17, 15) is 13.2 Å². The highest BCUT2D eigenvalue weighted by molar-refractivity contribution is 7.89. The number of fused-ring (bicyclic) bond motifs is 1. The van der Waals surface area contributed by atoms with Gasteiger partial charge in [-0.1, -0.05) is 23.7 Å². The lowest BCUT2D eigenvalue weighted by molar-refractivity contribution is -0.123. The first-order chi connectivity index (χ1) is 13.9. The molecular weight excluding hydrogens is 414 g/mol. The third kappa shape index (κ3) is 4.39. The van der Waals surface area contributed by atoms with Crippen molar-refractivity contribution in [1.29, 1.82) is 0 Å². The Morgan fingerprint density at radius 1 is 1.24 bits per heavy atom. The Labute approximate surface area is 175 Å². The lowest BCUT2D eigenvalue weighted by atomic mass is 10.2. The van der Waals surface area contributed by atoms with Crippen LogP contribution in [0, 0.1) is 0 Å². The van der Waals surface area contributed by atoms with E-state index in [-0.39, 0.29) is 23.4 Å². The molecule has 2 saturated heterocycles. The van der Waals surface area contributed by atoms with Crippen molar-refractivity contribution in [3.63, 3.8) is 0 Å². The third-order valence-electron chi connectivity index (χ3n) is 5.41. The first kappa shape index (κ1) is 20.5. The summed E-state index contributed by atoms with van der Waals surface area (Å²) in [5.41, 5.74) is 0. The number of hydrogen-bond donors (Lipinski definition) is 2. The average Bonchev–Trinajstić information content (AvgIpc) is 3.18. The van der Waals surface area contributed by atoms with Gasteiger partial charge in [0, 0.05) is 68.5 Å². The molecule has 0 bridgehead atoms. The third-order valence-corrected chi connectivity index (χ3v) is 7.60. The summed E-state index contributed by atoms with van der Waals surface area (Å²) in [6.45, 7) is 4.41. The predicted octanol–water partition coefficient (Wildman–Crippen LogP) is 0.673. The fraction of sp³-hybridized carbons (Fsp3) is 0.474. The number of rotatable bonds is 5. The van der Waals surface area contributed by atoms with Crippen molar-refractivity contribution >= 4 is 38.3 Å². The van der Waals surface area contributed by atoms with Crippen molar-refractivity contribution in [3.8, 4) is 0 Å². The van der Waals surface area contributed by atoms with Gasteiger partial charge < -0.3 is 10.6 Å². The molecule has 2 N–H and O–H groups in total. The molecule has 1 aromatic heterocycles. The highest BCUT2D eigenvalue weighted by Gasteiger charge is 2.34. The molecule has 1 aromatic carbocycles. The minimum Gasteiger partial charge on any atom is -0.351 e. The van der Waals surface area contributed by atoms with Crippen LogP contribution in [0.15, 0.2) is 35.5 Å². The smallest absolute Gasteiger partial charge is 0.243 e. The van der Waals surface area contributed by atoms with Crippen LogP contribution in [-0.2, 0) is 14.8 Å². The van der Waals surface area contributed by atoms with Gasteiger partial charge in [-0.3, -0.25) is 14.7 Å². The van der Waals surface area contributed by atoms with Gasteiger partial charge in [-0.25, -0.2) is 8.42 Å². The molecule has 0 aliphatic carbocycles. The van der Waals surface area contributed by atoms with E-state index in [2.05, 4.69) is 20.5 Å². The molecule has 29 heavy (non-hydrogen) atoms. The number of piperazine rings is 1. The van der Waals surface area contributed by atoms with Gasteiger partial charge in [-0.05, 0) is 12.5 Å². The van der Waals surface area contributed by atoms with Crippen molar-refractivity contribution in [2.24, 2.45) is 0 Å². The van der Waals surface area contributed by atoms with Gasteiger partial charge in [0.25, 0.3) is 0 Å². The summed E-state index contributed by atoms with van der Waals surface area (Å²) < 4.78 is 28.0. The molecule has 1 amide bonds. The van der Waals surface area contributed by atoms with Crippen LogP contribution in [0.1, 0.15) is 6.42 Å². The number of nitrogens with zero attached hydrogens (tertiary/aromatic N) is 3. The SMILES string of the molecule is O=C(CN1CCNCC1)N[C@H]1CCN(S(=O)(=O)c2cccc3cncc(Cl)c23)C1. The van der Waals surface area contributed by atoms with Crippen LogP contribution in [0.4, 0.5) is 0 Å². The Morgan fingerprint density at radius 2 is 2.03 bits per heavy atom. The summed E-state index contributed by atoms with van der Waals surface area (Å²) in [6, 6.07) is 4.86. The van der Waals surface area contributed by atoms with Crippen LogP contribution < -0.4 is 10.6 Å². The molecule has 8 nitrogen and oxygen atoms in total. The monoisotopic (exact) mass is 437 g/mol. The summed E-state index contributed by atoms with van der Waals surface area (Å²) in [7, 11) is -3.73. The first-order valence-corrected chi connectivity index (χ1v) is 11.5. The fourth-order valence-corrected chi connectivity index (χ4v) is 5.98. The first-order valence-electron chi connectivity index (χ1n) is 9.70. The van der Waals surface area contributed by atoms with Gasteiger partial charge in [0.2, 0.25) is 15.9 Å². The number of hydrogen-bond acceptors (Lipinski definition) is 6. The standard InChI is InChI=1S/C19H24ClN5O3S/c20-16-11-22-10-14-2-1-3-17(19(14)16)29(27,28)25-7-4-15(12-25)23-18(26)13-24-8-5-21-6-9-24/h1-3,10-11,15,21H,4-9,12-13H2,(H,23,26)/t15-/m0/s1. The quantitative estimate of drug-likeness (QED) is 0.714. The fourth-order valence-electron chi connectivity index (χ4n) is 3.92. The molecule has 3 heterocycles. The van der Waals surface area contributed by atoms with Crippen molar-refractivity contribution in [1.82, 2.24) is 24.8 Å². The van der Waals surface area contributed by atoms with E-state index in [4.69, 9.17) is 11.6 Å². The van der Waals surface area contributed by atoms with Gasteiger partial charge in [-0.2, -0.15) is 4.31 Å². The van der Waals surface area contributed by atoms with Crippen molar-refractivity contribution < 1.29 is 13.2 Å². The molecule has 156 valence electrons. The van der Waals surface area contributed by atoms with E-state index in [1.807, 2.05) is 0 Å². The van der Waals surface area contributed by atoms with Crippen molar-refractivity contribution in [2.45, 2.75) is 17.4 Å². The van der Waals surface area contributed by atoms with Crippen LogP contribution in [0.5, 0.6) is 0 Å². The second-order valence-corrected chi connectivity index (χ2v) is 9.73. The molecule has 0 radical (unpaired) electrons. The lowest BCUT2D eigenvalue weighted by Gasteiger charge is -2.27. The topological polar surface area (TPSA) is 94.6 Å². The van der Waals surface area contributed by atoms with E-state index in [1.54, 1.807) is 24.4 Å². The molecule has 0 unspecified atom stereocenters. The largest absolute Gasteiger partial charge is 0.351 e. The molecule has 0 saturated carbocycles. The minimum atomic E-state index is -3.73. The Bertz CT molecular complexity index is 1000. The number of benzene rings is 1. The van der Waals surface area contributed by atoms with E-state index in [0.717, 1.165) is 26.2 Å². The van der Waals surface area contributed by atoms with E-state index in [0.29, 0.717) is 35.3 Å². The average molecular weight is 438 g/mol. The molecule has 1 atom stereocenters. The second kappa shape index (κ2) is 8.53. The molecular formula is C19H24ClN5O3S. The van der Waals surface area contributed by atoms with E-state index >= 15 is 0 Å². The number of pyridine rings is 1. The second-order valence-electron chi connectivity index (χ2n) is 7.42. The summed E-state index contributed by atoms with van der Waals surface area (Å²) in [4.78, 5) is 18.7. The van der Waals surface area contributed by atoms with Gasteiger partial charge in [-0.15, -0.1) is 0 Å². The normalized spacial score (nSPS) is 21.5. The van der Waals surface area contributed by atoms with Gasteiger partial charge in [0.1, 0.15) is 0 Å². The van der Waals surface area contributed by atoms with Crippen LogP contribution in [-0.4, -0.2) is 80.4 Å². The molecule has 4 rings (SSSR count). The van der Waals surface area contributed by atoms with Gasteiger partial charge in [0.05, 0.1) is 16.5 Å². The van der Waals surface area contributed by atoms with E-state index < -0.39 is 10.0 Å². The Hall–Kier alpha value is -1.78. The molecule has 2 aliphatic heterocycles. The zero-order chi connectivity index (χ0) is 20.4. The molecule has 10 heteroatoms. The van der Waals surface area contributed by atoms with Gasteiger partial charge >= 0.3 is 0 Å². The number of carbonyl (C=O) groups excluding carboxylic acids is 1. The molecule has 2 fully saturated rings. The number of amides is 1. The molecule has 0 spiro atoms. The predicted molar refractivity (Wildman–Crippen MR) is 111 cm³/mol. The van der Waals surface area contributed by atoms with Crippen LogP contribution in [0.25, 0.3) is 10.8 Å². The Morgan fingerprint density at radius 3 is 2.83 bits per heavy atom. The highest BCUT2D eigenvalue weighted by atomic mass is 35.5. The Kier molecular flexibility index (Phi) is 6.03. The zero-order valence-electron chi connectivity index (χ0n) is 16.0. The summed E-state index contributed by atoms with van der Waals surface area (Å²) >= 11 is 6.25. The number of nitrogens with one attached hydrogen (secondary N) is 2. The summed E-state index contributed by atoms with van der Waals surface area (Å²) in [5, 5.41) is 7.71. The van der Waals surface area contributed by atoms with Crippen molar-refractivity contribution in [3.05, 3.63) is 35.6 Å². The Balaban J connectivity index is 1.45. The van der Waals surface area contributed by atoms with Gasteiger partial charge in [0.15, 0.2) is 0 Å². The number of aromatic nitrogens is 1. The minimum absolute atomic E-state index is 0.0598. The zero-order valence-corrected chi connectivity index (χ0v) is 17.5. The van der Waals surface area contributed by atoms with E-state index in [1.165, 1.54) is 10.5 Å². The van der Waals surface area contributed by atoms with Crippen LogP contribution in [0.2, 0.25) is 5.02 Å². The highest BCUT2D eigenvalue weighted by Crippen LogP contribution is 2.32. The molecule has 2 aromatic rings. The lowest BCUT2D eigenvalue weighted by Crippen LogP contribution is -2.49. The number of carbonyl (C=O) groups is 1. The maximum Gasteiger partial charge on any atom is 0.243 e. The van der Waals surface area contributed by atoms with Crippen LogP contribution >= 0.6 is 11.6 Å². The number of sulfonamides is 1. The number of halogens is 1. The molecule has 2 aliphatic rings. The van der Waals surface area contributed by atoms with Crippen LogP contribution in [0.3, 0.4) is 0 Å².